The molecule has 2 heterocycles. The van der Waals surface area contributed by atoms with Gasteiger partial charge in [0.2, 0.25) is 5.95 Å². The monoisotopic (exact) mass is 358 g/mol. The molecule has 128 valence electrons. The van der Waals surface area contributed by atoms with E-state index in [0.717, 1.165) is 24.5 Å². The Labute approximate surface area is 141 Å². The van der Waals surface area contributed by atoms with Gasteiger partial charge in [0.15, 0.2) is 0 Å². The van der Waals surface area contributed by atoms with Crippen LogP contribution in [0.15, 0.2) is 30.6 Å². The number of aromatic nitrogens is 2. The summed E-state index contributed by atoms with van der Waals surface area (Å²) >= 11 is 6.23. The number of hydrogen-bond acceptors (Lipinski definition) is 5. The number of halogens is 4. The minimum absolute atomic E-state index is 0.0354. The third kappa shape index (κ3) is 3.95. The Bertz CT molecular complexity index is 703. The summed E-state index contributed by atoms with van der Waals surface area (Å²) < 4.78 is 43.1. The molecule has 1 aromatic heterocycles. The highest BCUT2D eigenvalue weighted by molar-refractivity contribution is 6.33. The van der Waals surface area contributed by atoms with Crippen LogP contribution in [0, 0.1) is 0 Å². The molecule has 2 aromatic rings. The number of rotatable bonds is 3. The molecule has 5 nitrogen and oxygen atoms in total. The van der Waals surface area contributed by atoms with Gasteiger partial charge < -0.3 is 15.4 Å². The quantitative estimate of drug-likeness (QED) is 0.878. The summed E-state index contributed by atoms with van der Waals surface area (Å²) in [6.07, 6.45) is -3.10. The molecule has 0 unspecified atom stereocenters. The molecular formula is C15H14ClF3N4O. The predicted molar refractivity (Wildman–Crippen MR) is 83.3 cm³/mol. The van der Waals surface area contributed by atoms with Crippen molar-refractivity contribution in [1.29, 1.82) is 0 Å². The van der Waals surface area contributed by atoms with E-state index in [2.05, 4.69) is 20.6 Å². The average Bonchev–Trinajstić information content (AvgIpc) is 2.57. The Morgan fingerprint density at radius 2 is 2.00 bits per heavy atom. The van der Waals surface area contributed by atoms with Gasteiger partial charge in [0.05, 0.1) is 29.0 Å². The summed E-state index contributed by atoms with van der Waals surface area (Å²) in [5, 5.41) is 6.44. The van der Waals surface area contributed by atoms with Gasteiger partial charge in [-0.15, -0.1) is 0 Å². The van der Waals surface area contributed by atoms with Gasteiger partial charge >= 0.3 is 6.18 Å². The number of alkyl halides is 3. The molecule has 0 amide bonds. The smallest absolute Gasteiger partial charge is 0.371 e. The van der Waals surface area contributed by atoms with E-state index in [9.17, 15) is 13.2 Å². The van der Waals surface area contributed by atoms with Crippen LogP contribution < -0.4 is 10.6 Å². The first-order valence-electron chi connectivity index (χ1n) is 7.21. The van der Waals surface area contributed by atoms with Gasteiger partial charge in [-0.05, 0) is 17.7 Å². The van der Waals surface area contributed by atoms with E-state index >= 15 is 0 Å². The van der Waals surface area contributed by atoms with Gasteiger partial charge in [0.1, 0.15) is 0 Å². The van der Waals surface area contributed by atoms with Crippen molar-refractivity contribution in [3.63, 3.8) is 0 Å². The van der Waals surface area contributed by atoms with Crippen LogP contribution in [-0.2, 0) is 10.9 Å². The lowest BCUT2D eigenvalue weighted by molar-refractivity contribution is -0.138. The van der Waals surface area contributed by atoms with Gasteiger partial charge in [-0.3, -0.25) is 0 Å². The zero-order valence-electron chi connectivity index (χ0n) is 12.4. The van der Waals surface area contributed by atoms with Crippen molar-refractivity contribution in [2.75, 3.05) is 25.0 Å². The SMILES string of the molecule is FC(F)(F)c1cnc(Nc2ccc([C@H]3CNCCO3)cc2Cl)nc1. The Balaban J connectivity index is 1.73. The van der Waals surface area contributed by atoms with Crippen LogP contribution in [0.5, 0.6) is 0 Å². The topological polar surface area (TPSA) is 59.1 Å². The molecule has 1 aliphatic rings. The second kappa shape index (κ2) is 6.92. The van der Waals surface area contributed by atoms with Crippen LogP contribution in [0.25, 0.3) is 0 Å². The molecule has 9 heteroatoms. The van der Waals surface area contributed by atoms with E-state index in [0.29, 0.717) is 23.9 Å². The highest BCUT2D eigenvalue weighted by Gasteiger charge is 2.31. The first-order valence-corrected chi connectivity index (χ1v) is 7.59. The fourth-order valence-electron chi connectivity index (χ4n) is 2.27. The summed E-state index contributed by atoms with van der Waals surface area (Å²) in [6.45, 7) is 2.14. The van der Waals surface area contributed by atoms with E-state index < -0.39 is 11.7 Å². The highest BCUT2D eigenvalue weighted by Crippen LogP contribution is 2.31. The van der Waals surface area contributed by atoms with Crippen LogP contribution in [0.3, 0.4) is 0 Å². The van der Waals surface area contributed by atoms with Crippen molar-refractivity contribution in [3.05, 3.63) is 46.7 Å². The maximum atomic E-state index is 12.5. The van der Waals surface area contributed by atoms with E-state index in [4.69, 9.17) is 16.3 Å². The van der Waals surface area contributed by atoms with E-state index in [1.807, 2.05) is 6.07 Å². The first kappa shape index (κ1) is 16.9. The lowest BCUT2D eigenvalue weighted by Gasteiger charge is -2.24. The molecule has 1 saturated heterocycles. The third-order valence-electron chi connectivity index (χ3n) is 3.52. The van der Waals surface area contributed by atoms with Crippen LogP contribution in [0.1, 0.15) is 17.2 Å². The summed E-state index contributed by atoms with van der Waals surface area (Å²) in [5.41, 5.74) is 0.520. The zero-order chi connectivity index (χ0) is 17.2. The normalized spacial score (nSPS) is 18.4. The largest absolute Gasteiger partial charge is 0.419 e. The summed E-state index contributed by atoms with van der Waals surface area (Å²) in [5.74, 6) is 0.0354. The first-order chi connectivity index (χ1) is 11.4. The van der Waals surface area contributed by atoms with Crippen molar-refractivity contribution >= 4 is 23.2 Å². The second-order valence-electron chi connectivity index (χ2n) is 5.22. The summed E-state index contributed by atoms with van der Waals surface area (Å²) in [7, 11) is 0. The van der Waals surface area contributed by atoms with Crippen molar-refractivity contribution < 1.29 is 17.9 Å². The van der Waals surface area contributed by atoms with Gasteiger partial charge in [0.25, 0.3) is 0 Å². The molecule has 0 radical (unpaired) electrons. The summed E-state index contributed by atoms with van der Waals surface area (Å²) in [4.78, 5) is 7.32. The number of nitrogens with one attached hydrogen (secondary N) is 2. The number of hydrogen-bond donors (Lipinski definition) is 2. The van der Waals surface area contributed by atoms with Crippen molar-refractivity contribution in [2.45, 2.75) is 12.3 Å². The standard InChI is InChI=1S/C15H14ClF3N4O/c16-11-5-9(13-8-20-3-4-24-13)1-2-12(11)23-14-21-6-10(7-22-14)15(17,18)19/h1-2,5-7,13,20H,3-4,8H2,(H,21,22,23)/t13-/m1/s1. The van der Waals surface area contributed by atoms with Crippen LogP contribution >= 0.6 is 11.6 Å². The lowest BCUT2D eigenvalue weighted by atomic mass is 10.1. The van der Waals surface area contributed by atoms with Crippen molar-refractivity contribution in [1.82, 2.24) is 15.3 Å². The second-order valence-corrected chi connectivity index (χ2v) is 5.63. The van der Waals surface area contributed by atoms with Crippen LogP contribution in [0.4, 0.5) is 24.8 Å². The van der Waals surface area contributed by atoms with Gasteiger partial charge in [0, 0.05) is 25.5 Å². The Morgan fingerprint density at radius 3 is 2.58 bits per heavy atom. The van der Waals surface area contributed by atoms with Gasteiger partial charge in [-0.1, -0.05) is 17.7 Å². The Hall–Kier alpha value is -1.90. The maximum absolute atomic E-state index is 12.5. The highest BCUT2D eigenvalue weighted by atomic mass is 35.5. The van der Waals surface area contributed by atoms with Gasteiger partial charge in [-0.25, -0.2) is 9.97 Å². The number of morpholine rings is 1. The van der Waals surface area contributed by atoms with Crippen molar-refractivity contribution in [3.8, 4) is 0 Å². The predicted octanol–water partition coefficient (Wildman–Crippen LogP) is 3.55. The third-order valence-corrected chi connectivity index (χ3v) is 3.83. The molecule has 0 saturated carbocycles. The Kier molecular flexibility index (Phi) is 4.88. The molecule has 0 bridgehead atoms. The molecular weight excluding hydrogens is 345 g/mol. The lowest BCUT2D eigenvalue weighted by Crippen LogP contribution is -2.33. The average molecular weight is 359 g/mol. The number of benzene rings is 1. The minimum atomic E-state index is -4.47. The number of nitrogens with zero attached hydrogens (tertiary/aromatic N) is 2. The fraction of sp³-hybridized carbons (Fsp3) is 0.333. The van der Waals surface area contributed by atoms with E-state index in [-0.39, 0.29) is 12.1 Å². The van der Waals surface area contributed by atoms with Crippen molar-refractivity contribution in [2.24, 2.45) is 0 Å². The Morgan fingerprint density at radius 1 is 1.25 bits per heavy atom. The molecule has 3 rings (SSSR count). The molecule has 0 spiro atoms. The van der Waals surface area contributed by atoms with Gasteiger partial charge in [-0.2, -0.15) is 13.2 Å². The van der Waals surface area contributed by atoms with Crippen LogP contribution in [0.2, 0.25) is 5.02 Å². The molecule has 0 aliphatic carbocycles. The van der Waals surface area contributed by atoms with E-state index in [1.54, 1.807) is 12.1 Å². The molecule has 1 atom stereocenters. The maximum Gasteiger partial charge on any atom is 0.419 e. The summed E-state index contributed by atoms with van der Waals surface area (Å²) in [6, 6.07) is 5.32. The molecule has 1 aromatic carbocycles. The molecule has 2 N–H and O–H groups in total. The molecule has 1 aliphatic heterocycles. The number of ether oxygens (including phenoxy) is 1. The minimum Gasteiger partial charge on any atom is -0.371 e. The van der Waals surface area contributed by atoms with E-state index in [1.165, 1.54) is 0 Å². The molecule has 1 fully saturated rings. The molecule has 24 heavy (non-hydrogen) atoms. The number of anilines is 2. The van der Waals surface area contributed by atoms with Crippen LogP contribution in [-0.4, -0.2) is 29.7 Å². The fourth-order valence-corrected chi connectivity index (χ4v) is 2.51. The zero-order valence-corrected chi connectivity index (χ0v) is 13.2.